The Kier molecular flexibility index (Phi) is 5.92. The quantitative estimate of drug-likeness (QED) is 0.611. The second-order valence-electron chi connectivity index (χ2n) is 4.08. The predicted molar refractivity (Wildman–Crippen MR) is 58.5 cm³/mol. The van der Waals surface area contributed by atoms with Gasteiger partial charge < -0.3 is 10.2 Å². The molecule has 2 nitrogen and oxygen atoms in total. The van der Waals surface area contributed by atoms with E-state index < -0.39 is 0 Å². The van der Waals surface area contributed by atoms with E-state index in [9.17, 15) is 0 Å². The minimum absolute atomic E-state index is 0. The van der Waals surface area contributed by atoms with Crippen LogP contribution in [0.3, 0.4) is 0 Å². The van der Waals surface area contributed by atoms with Crippen LogP contribution in [0.5, 0.6) is 0 Å². The van der Waals surface area contributed by atoms with Gasteiger partial charge in [-0.1, -0.05) is 6.42 Å². The minimum atomic E-state index is 0. The molecule has 0 atom stereocenters. The SMILES string of the molecule is C1CCN(C2CCNCC2)CC1.[NaH]. The Hall–Kier alpha value is 0.920. The van der Waals surface area contributed by atoms with E-state index in [-0.39, 0.29) is 29.6 Å². The molecule has 72 valence electrons. The van der Waals surface area contributed by atoms with Crippen LogP contribution in [0.15, 0.2) is 0 Å². The number of hydrogen-bond donors (Lipinski definition) is 1. The van der Waals surface area contributed by atoms with Crippen molar-refractivity contribution in [2.75, 3.05) is 26.2 Å². The zero-order valence-corrected chi connectivity index (χ0v) is 7.89. The van der Waals surface area contributed by atoms with Gasteiger partial charge in [0.25, 0.3) is 0 Å². The van der Waals surface area contributed by atoms with Gasteiger partial charge in [-0.15, -0.1) is 0 Å². The second kappa shape index (κ2) is 6.41. The van der Waals surface area contributed by atoms with E-state index in [0.717, 1.165) is 6.04 Å². The summed E-state index contributed by atoms with van der Waals surface area (Å²) in [4.78, 5) is 2.71. The van der Waals surface area contributed by atoms with Crippen LogP contribution in [0.4, 0.5) is 0 Å². The molecule has 2 aliphatic rings. The molecule has 2 saturated heterocycles. The molecule has 1 N–H and O–H groups in total. The number of piperidine rings is 2. The number of rotatable bonds is 1. The van der Waals surface area contributed by atoms with Crippen molar-refractivity contribution in [1.82, 2.24) is 10.2 Å². The van der Waals surface area contributed by atoms with Gasteiger partial charge in [-0.2, -0.15) is 0 Å². The molecule has 0 aromatic heterocycles. The molecule has 3 heteroatoms. The first kappa shape index (κ1) is 12.0. The summed E-state index contributed by atoms with van der Waals surface area (Å²) < 4.78 is 0. The predicted octanol–water partition coefficient (Wildman–Crippen LogP) is 0.576. The molecule has 0 saturated carbocycles. The summed E-state index contributed by atoms with van der Waals surface area (Å²) in [6.45, 7) is 5.21. The van der Waals surface area contributed by atoms with Gasteiger partial charge in [0.2, 0.25) is 0 Å². The first-order chi connectivity index (χ1) is 5.97. The van der Waals surface area contributed by atoms with E-state index in [0.29, 0.717) is 0 Å². The molecule has 13 heavy (non-hydrogen) atoms. The van der Waals surface area contributed by atoms with Gasteiger partial charge in [-0.05, 0) is 51.9 Å². The van der Waals surface area contributed by atoms with Crippen molar-refractivity contribution in [3.05, 3.63) is 0 Å². The Morgan fingerprint density at radius 3 is 2.15 bits per heavy atom. The summed E-state index contributed by atoms with van der Waals surface area (Å²) in [5, 5.41) is 3.43. The van der Waals surface area contributed by atoms with Crippen LogP contribution in [0, 0.1) is 0 Å². The topological polar surface area (TPSA) is 15.3 Å². The molecule has 0 amide bonds. The van der Waals surface area contributed by atoms with E-state index in [1.54, 1.807) is 0 Å². The molecule has 0 aliphatic carbocycles. The van der Waals surface area contributed by atoms with Crippen LogP contribution in [-0.4, -0.2) is 66.7 Å². The van der Waals surface area contributed by atoms with Gasteiger partial charge >= 0.3 is 29.6 Å². The molecular formula is C10H21N2Na. The second-order valence-corrected chi connectivity index (χ2v) is 4.08. The van der Waals surface area contributed by atoms with Gasteiger partial charge in [0, 0.05) is 6.04 Å². The van der Waals surface area contributed by atoms with E-state index in [1.165, 1.54) is 58.3 Å². The summed E-state index contributed by atoms with van der Waals surface area (Å²) in [6, 6.07) is 0.909. The Balaban J connectivity index is 0.000000845. The Labute approximate surface area is 104 Å². The third-order valence-electron chi connectivity index (χ3n) is 3.22. The van der Waals surface area contributed by atoms with Crippen molar-refractivity contribution in [2.24, 2.45) is 0 Å². The van der Waals surface area contributed by atoms with Crippen LogP contribution < -0.4 is 5.32 Å². The van der Waals surface area contributed by atoms with E-state index in [4.69, 9.17) is 0 Å². The number of likely N-dealkylation sites (tertiary alicyclic amines) is 1. The molecule has 2 fully saturated rings. The fraction of sp³-hybridized carbons (Fsp3) is 1.00. The Morgan fingerprint density at radius 2 is 1.54 bits per heavy atom. The molecule has 2 rings (SSSR count). The molecule has 2 heterocycles. The fourth-order valence-electron chi connectivity index (χ4n) is 2.46. The van der Waals surface area contributed by atoms with Gasteiger partial charge in [0.05, 0.1) is 0 Å². The maximum absolute atomic E-state index is 3.43. The third kappa shape index (κ3) is 3.52. The van der Waals surface area contributed by atoms with Crippen LogP contribution >= 0.6 is 0 Å². The van der Waals surface area contributed by atoms with E-state index in [2.05, 4.69) is 10.2 Å². The Morgan fingerprint density at radius 1 is 0.923 bits per heavy atom. The zero-order chi connectivity index (χ0) is 8.23. The molecular weight excluding hydrogens is 171 g/mol. The van der Waals surface area contributed by atoms with Crippen LogP contribution in [0.1, 0.15) is 32.1 Å². The van der Waals surface area contributed by atoms with Crippen molar-refractivity contribution in [3.8, 4) is 0 Å². The number of hydrogen-bond acceptors (Lipinski definition) is 2. The summed E-state index contributed by atoms with van der Waals surface area (Å²) in [5.41, 5.74) is 0. The van der Waals surface area contributed by atoms with Crippen molar-refractivity contribution in [1.29, 1.82) is 0 Å². The van der Waals surface area contributed by atoms with Crippen molar-refractivity contribution in [3.63, 3.8) is 0 Å². The van der Waals surface area contributed by atoms with Gasteiger partial charge in [0.15, 0.2) is 0 Å². The average Bonchev–Trinajstić information content (AvgIpc) is 2.21. The Bertz CT molecular complexity index is 113. The fourth-order valence-corrected chi connectivity index (χ4v) is 2.46. The average molecular weight is 192 g/mol. The van der Waals surface area contributed by atoms with Crippen LogP contribution in [-0.2, 0) is 0 Å². The summed E-state index contributed by atoms with van der Waals surface area (Å²) in [6.07, 6.45) is 7.08. The van der Waals surface area contributed by atoms with Crippen LogP contribution in [0.2, 0.25) is 0 Å². The molecule has 0 aromatic carbocycles. The van der Waals surface area contributed by atoms with Gasteiger partial charge in [0.1, 0.15) is 0 Å². The standard InChI is InChI=1S/C10H20N2.Na.H/c1-2-8-12(9-3-1)10-4-6-11-7-5-10;;/h10-11H,1-9H2;;. The molecule has 0 unspecified atom stereocenters. The van der Waals surface area contributed by atoms with Crippen molar-refractivity contribution < 1.29 is 0 Å². The third-order valence-corrected chi connectivity index (χ3v) is 3.22. The number of nitrogens with zero attached hydrogens (tertiary/aromatic N) is 1. The summed E-state index contributed by atoms with van der Waals surface area (Å²) >= 11 is 0. The van der Waals surface area contributed by atoms with Crippen LogP contribution in [0.25, 0.3) is 0 Å². The normalized spacial score (nSPS) is 26.8. The van der Waals surface area contributed by atoms with Gasteiger partial charge in [-0.3, -0.25) is 0 Å². The maximum atomic E-state index is 3.43. The molecule has 0 spiro atoms. The molecule has 0 bridgehead atoms. The zero-order valence-electron chi connectivity index (χ0n) is 7.89. The van der Waals surface area contributed by atoms with E-state index >= 15 is 0 Å². The number of nitrogens with one attached hydrogen (secondary N) is 1. The monoisotopic (exact) mass is 192 g/mol. The molecule has 2 aliphatic heterocycles. The summed E-state index contributed by atoms with van der Waals surface area (Å²) in [7, 11) is 0. The first-order valence-electron chi connectivity index (χ1n) is 5.41. The molecule has 0 aromatic rings. The molecule has 0 radical (unpaired) electrons. The van der Waals surface area contributed by atoms with Crippen molar-refractivity contribution in [2.45, 2.75) is 38.1 Å². The first-order valence-corrected chi connectivity index (χ1v) is 5.41. The summed E-state index contributed by atoms with van der Waals surface area (Å²) in [5.74, 6) is 0. The van der Waals surface area contributed by atoms with Crippen molar-refractivity contribution >= 4 is 29.6 Å². The van der Waals surface area contributed by atoms with E-state index in [1.807, 2.05) is 0 Å². The van der Waals surface area contributed by atoms with Gasteiger partial charge in [-0.25, -0.2) is 0 Å².